The Morgan fingerprint density at radius 2 is 1.88 bits per heavy atom. The molecule has 0 saturated heterocycles. The van der Waals surface area contributed by atoms with Crippen molar-refractivity contribution in [3.05, 3.63) is 0 Å². The predicted molar refractivity (Wildman–Crippen MR) is 55.8 cm³/mol. The van der Waals surface area contributed by atoms with Crippen LogP contribution in [0.25, 0.3) is 0 Å². The lowest BCUT2D eigenvalue weighted by atomic mass is 9.78. The largest absolute Gasteiger partial charge is 0.481 e. The minimum atomic E-state index is -1.01. The summed E-state index contributed by atoms with van der Waals surface area (Å²) < 4.78 is 0. The van der Waals surface area contributed by atoms with Crippen molar-refractivity contribution >= 4 is 18.2 Å². The first-order valence-corrected chi connectivity index (χ1v) is 5.49. The molecule has 0 aromatic carbocycles. The van der Waals surface area contributed by atoms with Crippen molar-refractivity contribution in [2.75, 3.05) is 6.54 Å². The van der Waals surface area contributed by atoms with Gasteiger partial charge in [-0.1, -0.05) is 12.8 Å². The summed E-state index contributed by atoms with van der Waals surface area (Å²) in [7, 11) is 0. The predicted octanol–water partition coefficient (Wildman–Crippen LogP) is -0.201. The summed E-state index contributed by atoms with van der Waals surface area (Å²) in [5, 5.41) is 18.5. The molecule has 1 fully saturated rings. The van der Waals surface area contributed by atoms with Crippen molar-refractivity contribution in [3.63, 3.8) is 0 Å². The van der Waals surface area contributed by atoms with Crippen LogP contribution in [0.15, 0.2) is 0 Å². The Labute approximate surface area is 98.3 Å². The number of carboxylic acids is 1. The Balaban J connectivity index is 2.76. The molecule has 1 aliphatic carbocycles. The maximum absolute atomic E-state index is 11.9. The van der Waals surface area contributed by atoms with E-state index < -0.39 is 23.7 Å². The Kier molecular flexibility index (Phi) is 5.05. The van der Waals surface area contributed by atoms with Crippen LogP contribution in [0.5, 0.6) is 0 Å². The second-order valence-electron chi connectivity index (χ2n) is 4.05. The lowest BCUT2D eigenvalue weighted by Crippen LogP contribution is -2.48. The molecule has 17 heavy (non-hydrogen) atoms. The number of carbonyl (C=O) groups excluding carboxylic acids is 2. The summed E-state index contributed by atoms with van der Waals surface area (Å²) in [5.74, 6) is -2.97. The second kappa shape index (κ2) is 6.31. The van der Waals surface area contributed by atoms with Crippen LogP contribution < -0.4 is 5.59 Å². The van der Waals surface area contributed by atoms with E-state index in [-0.39, 0.29) is 6.54 Å². The Bertz CT molecular complexity index is 307. The number of hydrogen-bond donors (Lipinski definition) is 3. The van der Waals surface area contributed by atoms with Gasteiger partial charge in [-0.15, -0.1) is 5.59 Å². The number of nitrogens with one attached hydrogen (secondary N) is 1. The molecule has 0 bridgehead atoms. The number of aldehydes is 1. The smallest absolute Gasteiger partial charge is 0.307 e. The standard InChI is InChI=1S/C10H16N2O5/c13-6-5-12(11-17)9(14)7-3-1-2-4-8(7)10(15)16/h6-8,11,17H,1-5H2,(H,15,16)/t7-,8+/m0/s1. The van der Waals surface area contributed by atoms with E-state index in [1.807, 2.05) is 0 Å². The number of carbonyl (C=O) groups is 3. The van der Waals surface area contributed by atoms with Crippen molar-refractivity contribution in [2.24, 2.45) is 11.8 Å². The molecule has 1 saturated carbocycles. The van der Waals surface area contributed by atoms with Gasteiger partial charge in [0.15, 0.2) is 0 Å². The number of aliphatic carboxylic acids is 1. The fraction of sp³-hybridized carbons (Fsp3) is 0.700. The van der Waals surface area contributed by atoms with E-state index in [1.54, 1.807) is 5.59 Å². The van der Waals surface area contributed by atoms with E-state index in [0.29, 0.717) is 19.1 Å². The molecule has 7 heteroatoms. The molecule has 1 aliphatic rings. The third-order valence-corrected chi connectivity index (χ3v) is 3.04. The van der Waals surface area contributed by atoms with Crippen molar-refractivity contribution < 1.29 is 24.7 Å². The summed E-state index contributed by atoms with van der Waals surface area (Å²) in [6.45, 7) is -0.307. The summed E-state index contributed by atoms with van der Waals surface area (Å²) in [6.07, 6.45) is 2.93. The summed E-state index contributed by atoms with van der Waals surface area (Å²) >= 11 is 0. The van der Waals surface area contributed by atoms with E-state index in [1.165, 1.54) is 0 Å². The number of rotatable bonds is 5. The zero-order valence-electron chi connectivity index (χ0n) is 9.33. The van der Waals surface area contributed by atoms with Crippen molar-refractivity contribution in [1.29, 1.82) is 0 Å². The first-order valence-electron chi connectivity index (χ1n) is 5.49. The molecular formula is C10H16N2O5. The molecule has 0 spiro atoms. The van der Waals surface area contributed by atoms with Crippen LogP contribution in [0, 0.1) is 11.8 Å². The van der Waals surface area contributed by atoms with Gasteiger partial charge in [0.2, 0.25) is 5.91 Å². The summed E-state index contributed by atoms with van der Waals surface area (Å²) in [4.78, 5) is 33.2. The van der Waals surface area contributed by atoms with E-state index >= 15 is 0 Å². The van der Waals surface area contributed by atoms with E-state index in [0.717, 1.165) is 17.9 Å². The van der Waals surface area contributed by atoms with Crippen molar-refractivity contribution in [1.82, 2.24) is 10.6 Å². The topological polar surface area (TPSA) is 107 Å². The van der Waals surface area contributed by atoms with Gasteiger partial charge in [-0.3, -0.25) is 14.8 Å². The third kappa shape index (κ3) is 3.24. The molecule has 1 rings (SSSR count). The molecular weight excluding hydrogens is 228 g/mol. The average Bonchev–Trinajstić information content (AvgIpc) is 2.35. The van der Waals surface area contributed by atoms with Gasteiger partial charge in [0.25, 0.3) is 0 Å². The molecule has 0 heterocycles. The highest BCUT2D eigenvalue weighted by Gasteiger charge is 2.37. The molecule has 0 aromatic heterocycles. The molecule has 96 valence electrons. The van der Waals surface area contributed by atoms with Gasteiger partial charge in [0.05, 0.1) is 18.4 Å². The second-order valence-corrected chi connectivity index (χ2v) is 4.05. The van der Waals surface area contributed by atoms with Crippen molar-refractivity contribution in [3.8, 4) is 0 Å². The zero-order valence-corrected chi connectivity index (χ0v) is 9.33. The van der Waals surface area contributed by atoms with Crippen LogP contribution >= 0.6 is 0 Å². The fourth-order valence-electron chi connectivity index (χ4n) is 2.18. The van der Waals surface area contributed by atoms with E-state index in [9.17, 15) is 14.4 Å². The van der Waals surface area contributed by atoms with Crippen LogP contribution in [0.3, 0.4) is 0 Å². The molecule has 0 unspecified atom stereocenters. The first kappa shape index (κ1) is 13.6. The molecule has 7 nitrogen and oxygen atoms in total. The van der Waals surface area contributed by atoms with Gasteiger partial charge in [0.1, 0.15) is 6.29 Å². The Hall–Kier alpha value is -1.47. The lowest BCUT2D eigenvalue weighted by Gasteiger charge is -2.30. The maximum Gasteiger partial charge on any atom is 0.307 e. The van der Waals surface area contributed by atoms with Gasteiger partial charge in [0, 0.05) is 0 Å². The Morgan fingerprint density at radius 1 is 1.29 bits per heavy atom. The molecule has 0 aliphatic heterocycles. The SMILES string of the molecule is O=CCN(NO)C(=O)[C@H]1CCCC[C@H]1C(=O)O. The quantitative estimate of drug-likeness (QED) is 0.456. The zero-order chi connectivity index (χ0) is 12.8. The third-order valence-electron chi connectivity index (χ3n) is 3.04. The molecule has 0 radical (unpaired) electrons. The first-order chi connectivity index (χ1) is 8.11. The van der Waals surface area contributed by atoms with Gasteiger partial charge in [-0.2, -0.15) is 0 Å². The summed E-state index contributed by atoms with van der Waals surface area (Å²) in [5.41, 5.74) is 1.62. The number of nitrogens with zero attached hydrogens (tertiary/aromatic N) is 1. The molecule has 0 aromatic rings. The van der Waals surface area contributed by atoms with Gasteiger partial charge < -0.3 is 9.90 Å². The van der Waals surface area contributed by atoms with E-state index in [2.05, 4.69) is 0 Å². The van der Waals surface area contributed by atoms with Crippen molar-refractivity contribution in [2.45, 2.75) is 25.7 Å². The number of carboxylic acid groups (broad SMARTS) is 1. The molecule has 3 N–H and O–H groups in total. The van der Waals surface area contributed by atoms with Crippen LogP contribution in [-0.4, -0.2) is 40.0 Å². The highest BCUT2D eigenvalue weighted by atomic mass is 16.5. The van der Waals surface area contributed by atoms with Crippen LogP contribution in [0.1, 0.15) is 25.7 Å². The number of amides is 1. The number of hydrazine groups is 1. The number of hydrogen-bond acceptors (Lipinski definition) is 5. The average molecular weight is 244 g/mol. The van der Waals surface area contributed by atoms with E-state index in [4.69, 9.17) is 10.3 Å². The monoisotopic (exact) mass is 244 g/mol. The Morgan fingerprint density at radius 3 is 2.35 bits per heavy atom. The normalized spacial score (nSPS) is 24.1. The fourth-order valence-corrected chi connectivity index (χ4v) is 2.18. The van der Waals surface area contributed by atoms with Crippen LogP contribution in [-0.2, 0) is 14.4 Å². The molecule has 1 amide bonds. The van der Waals surface area contributed by atoms with Crippen LogP contribution in [0.2, 0.25) is 0 Å². The van der Waals surface area contributed by atoms with Gasteiger partial charge in [-0.05, 0) is 12.8 Å². The van der Waals surface area contributed by atoms with Gasteiger partial charge in [-0.25, -0.2) is 5.01 Å². The lowest BCUT2D eigenvalue weighted by molar-refractivity contribution is -0.160. The molecule has 2 atom stereocenters. The highest BCUT2D eigenvalue weighted by molar-refractivity contribution is 5.85. The highest BCUT2D eigenvalue weighted by Crippen LogP contribution is 2.31. The van der Waals surface area contributed by atoms with Gasteiger partial charge >= 0.3 is 5.97 Å². The minimum absolute atomic E-state index is 0.307. The minimum Gasteiger partial charge on any atom is -0.481 e. The summed E-state index contributed by atoms with van der Waals surface area (Å²) in [6, 6.07) is 0. The van der Waals surface area contributed by atoms with Crippen LogP contribution in [0.4, 0.5) is 0 Å². The maximum atomic E-state index is 11.9.